The molecule has 0 aromatic heterocycles. The van der Waals surface area contributed by atoms with Gasteiger partial charge >= 0.3 is 0 Å². The maximum Gasteiger partial charge on any atom is 0.248 e. The lowest BCUT2D eigenvalue weighted by molar-refractivity contribution is 0.1000. The summed E-state index contributed by atoms with van der Waals surface area (Å²) in [5.41, 5.74) is 4.88. The number of rotatable bonds is 4. The number of carbonyl (C=O) groups is 1. The molecule has 0 aliphatic rings. The molecule has 0 aliphatic carbocycles. The van der Waals surface area contributed by atoms with Crippen LogP contribution in [0.3, 0.4) is 0 Å². The number of nitrogens with two attached hydrogens (primary N) is 1. The van der Waals surface area contributed by atoms with E-state index in [4.69, 9.17) is 5.73 Å². The predicted octanol–water partition coefficient (Wildman–Crippen LogP) is 2.81. The third kappa shape index (κ3) is 2.90. The Hall–Kier alpha value is -2.50. The van der Waals surface area contributed by atoms with Gasteiger partial charge in [-0.2, -0.15) is 0 Å². The van der Waals surface area contributed by atoms with E-state index in [1.54, 1.807) is 0 Å². The molecular weight excluding hydrogens is 269 g/mol. The maximum absolute atomic E-state index is 13.7. The van der Waals surface area contributed by atoms with E-state index >= 15 is 0 Å². The summed E-state index contributed by atoms with van der Waals surface area (Å²) in [6.45, 7) is -0.122. The highest BCUT2D eigenvalue weighted by Crippen LogP contribution is 2.19. The summed E-state index contributed by atoms with van der Waals surface area (Å²) in [5.74, 6) is -2.95. The van der Waals surface area contributed by atoms with Crippen molar-refractivity contribution < 1.29 is 18.0 Å². The van der Waals surface area contributed by atoms with Gasteiger partial charge in [0, 0.05) is 17.7 Å². The molecule has 0 saturated carbocycles. The Morgan fingerprint density at radius 3 is 2.25 bits per heavy atom. The van der Waals surface area contributed by atoms with Gasteiger partial charge < -0.3 is 11.1 Å². The van der Waals surface area contributed by atoms with E-state index < -0.39 is 23.4 Å². The summed E-state index contributed by atoms with van der Waals surface area (Å²) in [5, 5.41) is 2.48. The fourth-order valence-corrected chi connectivity index (χ4v) is 1.69. The molecule has 0 heterocycles. The number of benzene rings is 2. The zero-order valence-electron chi connectivity index (χ0n) is 10.3. The van der Waals surface area contributed by atoms with Crippen LogP contribution in [0, 0.1) is 17.5 Å². The van der Waals surface area contributed by atoms with Gasteiger partial charge in [-0.25, -0.2) is 13.2 Å². The Labute approximate surface area is 113 Å². The number of carbonyl (C=O) groups excluding carboxylic acids is 1. The van der Waals surface area contributed by atoms with E-state index in [0.717, 1.165) is 18.2 Å². The summed E-state index contributed by atoms with van der Waals surface area (Å²) in [6, 6.07) is 7.09. The number of nitrogens with one attached hydrogen (secondary N) is 1. The molecule has 2 aromatic rings. The van der Waals surface area contributed by atoms with Crippen molar-refractivity contribution in [2.24, 2.45) is 5.73 Å². The molecule has 0 atom stereocenters. The van der Waals surface area contributed by atoms with Crippen LogP contribution >= 0.6 is 0 Å². The van der Waals surface area contributed by atoms with Gasteiger partial charge in [-0.3, -0.25) is 4.79 Å². The standard InChI is InChI=1S/C14H11F3N2O/c15-10-2-1-3-11(16)13(10)19-7-9-5-4-8(14(18)20)6-12(9)17/h1-6,19H,7H2,(H2,18,20). The Bertz CT molecular complexity index is 639. The lowest BCUT2D eigenvalue weighted by atomic mass is 10.1. The molecule has 104 valence electrons. The van der Waals surface area contributed by atoms with Crippen molar-refractivity contribution >= 4 is 11.6 Å². The monoisotopic (exact) mass is 280 g/mol. The molecule has 1 amide bonds. The number of para-hydroxylation sites is 1. The first-order valence-corrected chi connectivity index (χ1v) is 5.75. The molecule has 2 aromatic carbocycles. The second-order valence-corrected chi connectivity index (χ2v) is 4.12. The van der Waals surface area contributed by atoms with Crippen LogP contribution in [0.1, 0.15) is 15.9 Å². The van der Waals surface area contributed by atoms with Gasteiger partial charge in [0.2, 0.25) is 5.91 Å². The third-order valence-corrected chi connectivity index (χ3v) is 2.76. The molecule has 0 unspecified atom stereocenters. The Balaban J connectivity index is 2.17. The summed E-state index contributed by atoms with van der Waals surface area (Å²) in [4.78, 5) is 10.9. The van der Waals surface area contributed by atoms with Gasteiger partial charge in [0.05, 0.1) is 0 Å². The molecule has 3 N–H and O–H groups in total. The predicted molar refractivity (Wildman–Crippen MR) is 68.6 cm³/mol. The zero-order chi connectivity index (χ0) is 14.7. The first kappa shape index (κ1) is 13.9. The summed E-state index contributed by atoms with van der Waals surface area (Å²) >= 11 is 0. The van der Waals surface area contributed by atoms with Crippen molar-refractivity contribution in [3.05, 3.63) is 65.0 Å². The first-order chi connectivity index (χ1) is 9.49. The highest BCUT2D eigenvalue weighted by Gasteiger charge is 2.10. The normalized spacial score (nSPS) is 10.3. The van der Waals surface area contributed by atoms with Gasteiger partial charge in [0.15, 0.2) is 0 Å². The Kier molecular flexibility index (Phi) is 3.93. The topological polar surface area (TPSA) is 55.1 Å². The third-order valence-electron chi connectivity index (χ3n) is 2.76. The number of amides is 1. The molecule has 0 saturated heterocycles. The average molecular weight is 280 g/mol. The van der Waals surface area contributed by atoms with Crippen molar-refractivity contribution in [2.45, 2.75) is 6.54 Å². The van der Waals surface area contributed by atoms with Gasteiger partial charge in [-0.05, 0) is 24.3 Å². The van der Waals surface area contributed by atoms with E-state index in [2.05, 4.69) is 5.32 Å². The number of anilines is 1. The summed E-state index contributed by atoms with van der Waals surface area (Å²) in [7, 11) is 0. The van der Waals surface area contributed by atoms with Crippen LogP contribution in [-0.4, -0.2) is 5.91 Å². The van der Waals surface area contributed by atoms with Crippen LogP contribution in [0.5, 0.6) is 0 Å². The first-order valence-electron chi connectivity index (χ1n) is 5.75. The largest absolute Gasteiger partial charge is 0.376 e. The fraction of sp³-hybridized carbons (Fsp3) is 0.0714. The quantitative estimate of drug-likeness (QED) is 0.904. The van der Waals surface area contributed by atoms with Crippen LogP contribution in [-0.2, 0) is 6.54 Å². The minimum absolute atomic E-state index is 0.0309. The van der Waals surface area contributed by atoms with E-state index in [-0.39, 0.29) is 23.4 Å². The molecule has 0 fully saturated rings. The second-order valence-electron chi connectivity index (χ2n) is 4.12. The Morgan fingerprint density at radius 1 is 1.05 bits per heavy atom. The SMILES string of the molecule is NC(=O)c1ccc(CNc2c(F)cccc2F)c(F)c1. The van der Waals surface area contributed by atoms with Gasteiger partial charge in [0.1, 0.15) is 23.1 Å². The van der Waals surface area contributed by atoms with Crippen LogP contribution in [0.25, 0.3) is 0 Å². The summed E-state index contributed by atoms with van der Waals surface area (Å²) < 4.78 is 40.4. The average Bonchev–Trinajstić information content (AvgIpc) is 2.39. The van der Waals surface area contributed by atoms with Crippen LogP contribution < -0.4 is 11.1 Å². The molecule has 0 spiro atoms. The zero-order valence-corrected chi connectivity index (χ0v) is 10.3. The lowest BCUT2D eigenvalue weighted by Gasteiger charge is -2.09. The molecule has 3 nitrogen and oxygen atoms in total. The smallest absolute Gasteiger partial charge is 0.248 e. The van der Waals surface area contributed by atoms with Gasteiger partial charge in [0.25, 0.3) is 0 Å². The lowest BCUT2D eigenvalue weighted by Crippen LogP contribution is -2.12. The van der Waals surface area contributed by atoms with Crippen molar-refractivity contribution in [3.8, 4) is 0 Å². The highest BCUT2D eigenvalue weighted by atomic mass is 19.1. The van der Waals surface area contributed by atoms with Gasteiger partial charge in [-0.1, -0.05) is 12.1 Å². The molecule has 0 radical (unpaired) electrons. The van der Waals surface area contributed by atoms with E-state index in [1.807, 2.05) is 0 Å². The minimum Gasteiger partial charge on any atom is -0.376 e. The van der Waals surface area contributed by atoms with E-state index in [1.165, 1.54) is 18.2 Å². The molecule has 2 rings (SSSR count). The fourth-order valence-electron chi connectivity index (χ4n) is 1.69. The number of hydrogen-bond acceptors (Lipinski definition) is 2. The second kappa shape index (κ2) is 5.64. The molecule has 0 aliphatic heterocycles. The number of hydrogen-bond donors (Lipinski definition) is 2. The van der Waals surface area contributed by atoms with E-state index in [9.17, 15) is 18.0 Å². The minimum atomic E-state index is -0.765. The summed E-state index contributed by atoms with van der Waals surface area (Å²) in [6.07, 6.45) is 0. The van der Waals surface area contributed by atoms with Crippen molar-refractivity contribution in [3.63, 3.8) is 0 Å². The molecule has 6 heteroatoms. The maximum atomic E-state index is 13.7. The molecule has 0 bridgehead atoms. The van der Waals surface area contributed by atoms with Crippen molar-refractivity contribution in [1.82, 2.24) is 0 Å². The van der Waals surface area contributed by atoms with Crippen molar-refractivity contribution in [2.75, 3.05) is 5.32 Å². The molecular formula is C14H11F3N2O. The van der Waals surface area contributed by atoms with Crippen molar-refractivity contribution in [1.29, 1.82) is 0 Å². The van der Waals surface area contributed by atoms with Crippen LogP contribution in [0.4, 0.5) is 18.9 Å². The number of halogens is 3. The van der Waals surface area contributed by atoms with Gasteiger partial charge in [-0.15, -0.1) is 0 Å². The molecule has 20 heavy (non-hydrogen) atoms. The van der Waals surface area contributed by atoms with E-state index in [0.29, 0.717) is 0 Å². The number of primary amides is 1. The highest BCUT2D eigenvalue weighted by molar-refractivity contribution is 5.92. The van der Waals surface area contributed by atoms with Crippen LogP contribution in [0.2, 0.25) is 0 Å². The Morgan fingerprint density at radius 2 is 1.70 bits per heavy atom. The van der Waals surface area contributed by atoms with Crippen LogP contribution in [0.15, 0.2) is 36.4 Å².